The quantitative estimate of drug-likeness (QED) is 0.379. The van der Waals surface area contributed by atoms with E-state index in [-0.39, 0.29) is 6.10 Å². The highest BCUT2D eigenvalue weighted by atomic mass is 79.9. The highest BCUT2D eigenvalue weighted by molar-refractivity contribution is 9.10. The summed E-state index contributed by atoms with van der Waals surface area (Å²) in [5.41, 5.74) is 1.14. The smallest absolute Gasteiger partial charge is 0.0933 e. The standard InChI is InChI=1S/C15H22Br2O4/c1-18-6-7-19-8-9-20-10-11-21-15(12-16)13-4-2-3-5-14(13)17/h2-5,15H,6-12H2,1H3. The molecule has 1 rings (SSSR count). The molecule has 120 valence electrons. The molecule has 0 heterocycles. The van der Waals surface area contributed by atoms with Crippen LogP contribution in [0.15, 0.2) is 28.7 Å². The van der Waals surface area contributed by atoms with Crippen molar-refractivity contribution in [2.45, 2.75) is 6.10 Å². The molecule has 0 saturated heterocycles. The van der Waals surface area contributed by atoms with Gasteiger partial charge in [0.25, 0.3) is 0 Å². The molecule has 1 unspecified atom stereocenters. The van der Waals surface area contributed by atoms with Crippen LogP contribution in [0.3, 0.4) is 0 Å². The van der Waals surface area contributed by atoms with Gasteiger partial charge in [-0.3, -0.25) is 0 Å². The summed E-state index contributed by atoms with van der Waals surface area (Å²) in [6, 6.07) is 8.07. The molecule has 0 bridgehead atoms. The summed E-state index contributed by atoms with van der Waals surface area (Å²) in [5.74, 6) is 0. The first-order valence-corrected chi connectivity index (χ1v) is 8.77. The van der Waals surface area contributed by atoms with Crippen molar-refractivity contribution in [3.05, 3.63) is 34.3 Å². The van der Waals surface area contributed by atoms with Gasteiger partial charge < -0.3 is 18.9 Å². The monoisotopic (exact) mass is 424 g/mol. The molecule has 6 heteroatoms. The average Bonchev–Trinajstić information content (AvgIpc) is 2.50. The molecule has 0 aliphatic heterocycles. The van der Waals surface area contributed by atoms with Crippen LogP contribution in [-0.2, 0) is 18.9 Å². The number of hydrogen-bond donors (Lipinski definition) is 0. The normalized spacial score (nSPS) is 12.5. The van der Waals surface area contributed by atoms with Gasteiger partial charge in [0, 0.05) is 16.9 Å². The molecule has 21 heavy (non-hydrogen) atoms. The molecule has 0 amide bonds. The van der Waals surface area contributed by atoms with E-state index in [0.717, 1.165) is 15.4 Å². The molecular weight excluding hydrogens is 404 g/mol. The van der Waals surface area contributed by atoms with Crippen molar-refractivity contribution >= 4 is 31.9 Å². The fraction of sp³-hybridized carbons (Fsp3) is 0.600. The molecule has 0 radical (unpaired) electrons. The van der Waals surface area contributed by atoms with Crippen LogP contribution in [0, 0.1) is 0 Å². The van der Waals surface area contributed by atoms with E-state index in [1.54, 1.807) is 7.11 Å². The van der Waals surface area contributed by atoms with Gasteiger partial charge in [-0.25, -0.2) is 0 Å². The average molecular weight is 426 g/mol. The molecule has 0 aliphatic rings. The van der Waals surface area contributed by atoms with Crippen molar-refractivity contribution in [2.24, 2.45) is 0 Å². The van der Waals surface area contributed by atoms with Crippen LogP contribution < -0.4 is 0 Å². The van der Waals surface area contributed by atoms with Gasteiger partial charge in [0.05, 0.1) is 45.7 Å². The Morgan fingerprint density at radius 2 is 1.57 bits per heavy atom. The SMILES string of the molecule is COCCOCCOCCOC(CBr)c1ccccc1Br. The largest absolute Gasteiger partial charge is 0.382 e. The van der Waals surface area contributed by atoms with E-state index in [1.165, 1.54) is 0 Å². The van der Waals surface area contributed by atoms with Crippen LogP contribution in [0.5, 0.6) is 0 Å². The van der Waals surface area contributed by atoms with Gasteiger partial charge in [-0.15, -0.1) is 0 Å². The summed E-state index contributed by atoms with van der Waals surface area (Å²) in [7, 11) is 1.66. The highest BCUT2D eigenvalue weighted by Gasteiger charge is 2.13. The van der Waals surface area contributed by atoms with Crippen molar-refractivity contribution in [3.63, 3.8) is 0 Å². The van der Waals surface area contributed by atoms with Crippen LogP contribution in [0.25, 0.3) is 0 Å². The zero-order valence-electron chi connectivity index (χ0n) is 12.2. The van der Waals surface area contributed by atoms with Gasteiger partial charge in [0.15, 0.2) is 0 Å². The van der Waals surface area contributed by atoms with Crippen molar-refractivity contribution in [1.29, 1.82) is 0 Å². The van der Waals surface area contributed by atoms with E-state index in [2.05, 4.69) is 37.9 Å². The Kier molecular flexibility index (Phi) is 11.4. The zero-order valence-corrected chi connectivity index (χ0v) is 15.4. The van der Waals surface area contributed by atoms with E-state index < -0.39 is 0 Å². The Balaban J connectivity index is 2.12. The third-order valence-corrected chi connectivity index (χ3v) is 4.05. The van der Waals surface area contributed by atoms with Gasteiger partial charge in [-0.05, 0) is 11.6 Å². The zero-order chi connectivity index (χ0) is 15.3. The van der Waals surface area contributed by atoms with Crippen molar-refractivity contribution in [2.75, 3.05) is 52.1 Å². The first kappa shape index (κ1) is 19.1. The van der Waals surface area contributed by atoms with E-state index in [1.807, 2.05) is 18.2 Å². The fourth-order valence-corrected chi connectivity index (χ4v) is 2.74. The predicted molar refractivity (Wildman–Crippen MR) is 90.1 cm³/mol. The Morgan fingerprint density at radius 3 is 2.19 bits per heavy atom. The Hall–Kier alpha value is 0.0200. The predicted octanol–water partition coefficient (Wildman–Crippen LogP) is 3.58. The molecule has 0 N–H and O–H groups in total. The topological polar surface area (TPSA) is 36.9 Å². The van der Waals surface area contributed by atoms with Crippen LogP contribution >= 0.6 is 31.9 Å². The molecule has 0 fully saturated rings. The lowest BCUT2D eigenvalue weighted by Gasteiger charge is -2.17. The summed E-state index contributed by atoms with van der Waals surface area (Å²) in [6.07, 6.45) is 0.0159. The van der Waals surface area contributed by atoms with Crippen LogP contribution in [0.2, 0.25) is 0 Å². The Labute approximate surface area is 143 Å². The summed E-state index contributed by atoms with van der Waals surface area (Å²) < 4.78 is 22.5. The maximum atomic E-state index is 5.84. The van der Waals surface area contributed by atoms with E-state index >= 15 is 0 Å². The first-order valence-electron chi connectivity index (χ1n) is 6.86. The van der Waals surface area contributed by atoms with Crippen molar-refractivity contribution in [1.82, 2.24) is 0 Å². The van der Waals surface area contributed by atoms with Crippen molar-refractivity contribution in [3.8, 4) is 0 Å². The molecule has 4 nitrogen and oxygen atoms in total. The molecule has 0 saturated carbocycles. The van der Waals surface area contributed by atoms with Gasteiger partial charge in [-0.1, -0.05) is 50.1 Å². The number of benzene rings is 1. The number of halogens is 2. The Morgan fingerprint density at radius 1 is 0.952 bits per heavy atom. The third-order valence-electron chi connectivity index (χ3n) is 2.74. The Bertz CT molecular complexity index is 376. The van der Waals surface area contributed by atoms with Gasteiger partial charge >= 0.3 is 0 Å². The number of methoxy groups -OCH3 is 1. The summed E-state index contributed by atoms with van der Waals surface area (Å²) in [6.45, 7) is 3.47. The minimum atomic E-state index is 0.0159. The lowest BCUT2D eigenvalue weighted by atomic mass is 10.1. The highest BCUT2D eigenvalue weighted by Crippen LogP contribution is 2.27. The maximum absolute atomic E-state index is 5.84. The fourth-order valence-electron chi connectivity index (χ4n) is 1.67. The van der Waals surface area contributed by atoms with Crippen LogP contribution in [-0.4, -0.2) is 52.1 Å². The van der Waals surface area contributed by atoms with E-state index in [9.17, 15) is 0 Å². The number of alkyl halides is 1. The summed E-state index contributed by atoms with van der Waals surface area (Å²) in [4.78, 5) is 0. The lowest BCUT2D eigenvalue weighted by Crippen LogP contribution is -2.14. The second-order valence-corrected chi connectivity index (χ2v) is 5.75. The third kappa shape index (κ3) is 8.28. The molecule has 0 spiro atoms. The molecule has 0 aromatic heterocycles. The van der Waals surface area contributed by atoms with E-state index in [0.29, 0.717) is 39.6 Å². The van der Waals surface area contributed by atoms with Crippen LogP contribution in [0.4, 0.5) is 0 Å². The van der Waals surface area contributed by atoms with Crippen LogP contribution in [0.1, 0.15) is 11.7 Å². The van der Waals surface area contributed by atoms with Crippen molar-refractivity contribution < 1.29 is 18.9 Å². The number of ether oxygens (including phenoxy) is 4. The molecule has 1 aromatic rings. The summed E-state index contributed by atoms with van der Waals surface area (Å²) >= 11 is 7.03. The molecule has 1 atom stereocenters. The maximum Gasteiger partial charge on any atom is 0.0933 e. The molecule has 0 aliphatic carbocycles. The second-order valence-electron chi connectivity index (χ2n) is 4.25. The summed E-state index contributed by atoms with van der Waals surface area (Å²) in [5, 5.41) is 0.746. The number of rotatable bonds is 12. The van der Waals surface area contributed by atoms with Gasteiger partial charge in [-0.2, -0.15) is 0 Å². The molecule has 1 aromatic carbocycles. The lowest BCUT2D eigenvalue weighted by molar-refractivity contribution is -0.0114. The molecular formula is C15H22Br2O4. The second kappa shape index (κ2) is 12.6. The van der Waals surface area contributed by atoms with Gasteiger partial charge in [0.2, 0.25) is 0 Å². The minimum absolute atomic E-state index is 0.0159. The minimum Gasteiger partial charge on any atom is -0.382 e. The van der Waals surface area contributed by atoms with E-state index in [4.69, 9.17) is 18.9 Å². The van der Waals surface area contributed by atoms with Gasteiger partial charge in [0.1, 0.15) is 0 Å². The first-order chi connectivity index (χ1) is 10.3. The number of hydrogen-bond acceptors (Lipinski definition) is 4.